The second-order valence-electron chi connectivity index (χ2n) is 7.24. The zero-order valence-electron chi connectivity index (χ0n) is 13.7. The van der Waals surface area contributed by atoms with E-state index in [0.29, 0.717) is 17.2 Å². The van der Waals surface area contributed by atoms with E-state index < -0.39 is 10.0 Å². The summed E-state index contributed by atoms with van der Waals surface area (Å²) in [5, 5.41) is 3.34. The van der Waals surface area contributed by atoms with Crippen molar-refractivity contribution in [2.75, 3.05) is 25.4 Å². The molecule has 21 heavy (non-hydrogen) atoms. The fourth-order valence-corrected chi connectivity index (χ4v) is 5.36. The lowest BCUT2D eigenvalue weighted by Gasteiger charge is -2.38. The Morgan fingerprint density at radius 3 is 2.24 bits per heavy atom. The highest BCUT2D eigenvalue weighted by atomic mass is 32.2. The number of nitrogens with one attached hydrogen (secondary N) is 1. The molecule has 5 heteroatoms. The fourth-order valence-electron chi connectivity index (χ4n) is 3.79. The Morgan fingerprint density at radius 1 is 1.05 bits per heavy atom. The van der Waals surface area contributed by atoms with Gasteiger partial charge in [0.25, 0.3) is 0 Å². The second-order valence-corrected chi connectivity index (χ2v) is 9.33. The first kappa shape index (κ1) is 17.2. The minimum atomic E-state index is -3.02. The van der Waals surface area contributed by atoms with E-state index in [1.54, 1.807) is 4.31 Å². The first-order chi connectivity index (χ1) is 9.94. The minimum Gasteiger partial charge on any atom is -0.315 e. The van der Waals surface area contributed by atoms with Gasteiger partial charge in [-0.3, -0.25) is 0 Å². The van der Waals surface area contributed by atoms with Gasteiger partial charge in [0.1, 0.15) is 0 Å². The predicted octanol–water partition coefficient (Wildman–Crippen LogP) is 2.75. The number of piperidine rings is 1. The van der Waals surface area contributed by atoms with Crippen molar-refractivity contribution in [1.29, 1.82) is 0 Å². The largest absolute Gasteiger partial charge is 0.315 e. The van der Waals surface area contributed by atoms with Crippen LogP contribution >= 0.6 is 0 Å². The van der Waals surface area contributed by atoms with Gasteiger partial charge in [-0.25, -0.2) is 12.7 Å². The number of hydrogen-bond donors (Lipinski definition) is 1. The predicted molar refractivity (Wildman–Crippen MR) is 87.9 cm³/mol. The minimum absolute atomic E-state index is 0.319. The molecule has 1 heterocycles. The van der Waals surface area contributed by atoms with E-state index in [2.05, 4.69) is 19.2 Å². The van der Waals surface area contributed by atoms with E-state index in [9.17, 15) is 8.42 Å². The molecule has 124 valence electrons. The Bertz CT molecular complexity index is 404. The van der Waals surface area contributed by atoms with Gasteiger partial charge in [-0.05, 0) is 50.5 Å². The van der Waals surface area contributed by atoms with Gasteiger partial charge in [-0.2, -0.15) is 0 Å². The van der Waals surface area contributed by atoms with Crippen LogP contribution in [-0.2, 0) is 10.0 Å². The molecule has 0 aromatic heterocycles. The maximum absolute atomic E-state index is 12.4. The Morgan fingerprint density at radius 2 is 1.67 bits per heavy atom. The summed E-state index contributed by atoms with van der Waals surface area (Å²) in [6.07, 6.45) is 9.20. The van der Waals surface area contributed by atoms with Crippen molar-refractivity contribution in [2.24, 2.45) is 5.41 Å². The van der Waals surface area contributed by atoms with Gasteiger partial charge in [0.05, 0.1) is 5.75 Å². The Labute approximate surface area is 130 Å². The third-order valence-corrected chi connectivity index (χ3v) is 7.18. The molecule has 0 unspecified atom stereocenters. The molecule has 0 amide bonds. The molecular weight excluding hydrogens is 284 g/mol. The maximum Gasteiger partial charge on any atom is 0.214 e. The van der Waals surface area contributed by atoms with Gasteiger partial charge < -0.3 is 5.32 Å². The molecule has 0 atom stereocenters. The molecule has 0 bridgehead atoms. The van der Waals surface area contributed by atoms with Gasteiger partial charge in [0.2, 0.25) is 10.0 Å². The summed E-state index contributed by atoms with van der Waals surface area (Å²) in [4.78, 5) is 0. The van der Waals surface area contributed by atoms with Crippen molar-refractivity contribution < 1.29 is 8.42 Å². The van der Waals surface area contributed by atoms with Crippen molar-refractivity contribution in [3.8, 4) is 0 Å². The van der Waals surface area contributed by atoms with Crippen LogP contribution in [0.4, 0.5) is 0 Å². The Hall–Kier alpha value is -0.130. The van der Waals surface area contributed by atoms with E-state index in [1.165, 1.54) is 25.7 Å². The van der Waals surface area contributed by atoms with E-state index in [4.69, 9.17) is 0 Å². The molecule has 1 aliphatic heterocycles. The third kappa shape index (κ3) is 4.93. The molecule has 0 aromatic rings. The number of unbranched alkanes of at least 4 members (excludes halogenated alkanes) is 1. The first-order valence-electron chi connectivity index (χ1n) is 8.65. The smallest absolute Gasteiger partial charge is 0.214 e. The summed E-state index contributed by atoms with van der Waals surface area (Å²) in [6.45, 7) is 6.65. The molecule has 0 aromatic carbocycles. The molecule has 1 saturated heterocycles. The molecule has 2 rings (SSSR count). The normalized spacial score (nSPS) is 23.2. The van der Waals surface area contributed by atoms with Crippen LogP contribution in [0.2, 0.25) is 0 Å². The quantitative estimate of drug-likeness (QED) is 0.735. The first-order valence-corrected chi connectivity index (χ1v) is 10.3. The topological polar surface area (TPSA) is 49.4 Å². The summed E-state index contributed by atoms with van der Waals surface area (Å²) < 4.78 is 26.5. The number of rotatable bonds is 7. The summed E-state index contributed by atoms with van der Waals surface area (Å²) in [6, 6.07) is 0.478. The summed E-state index contributed by atoms with van der Waals surface area (Å²) in [7, 11) is -3.02. The summed E-state index contributed by atoms with van der Waals surface area (Å²) in [5.41, 5.74) is 0.493. The van der Waals surface area contributed by atoms with E-state index >= 15 is 0 Å². The van der Waals surface area contributed by atoms with Crippen molar-refractivity contribution in [3.05, 3.63) is 0 Å². The molecule has 1 saturated carbocycles. The summed E-state index contributed by atoms with van der Waals surface area (Å²) >= 11 is 0. The number of sulfonamides is 1. The Kier molecular flexibility index (Phi) is 6.09. The van der Waals surface area contributed by atoms with Gasteiger partial charge in [0.15, 0.2) is 0 Å². The van der Waals surface area contributed by atoms with Crippen molar-refractivity contribution in [2.45, 2.75) is 71.3 Å². The van der Waals surface area contributed by atoms with Crippen LogP contribution in [0.25, 0.3) is 0 Å². The van der Waals surface area contributed by atoms with E-state index in [1.807, 2.05) is 0 Å². The average molecular weight is 317 g/mol. The lowest BCUT2D eigenvalue weighted by Crippen LogP contribution is -2.43. The van der Waals surface area contributed by atoms with Crippen LogP contribution in [0.1, 0.15) is 65.2 Å². The Balaban J connectivity index is 1.71. The number of nitrogens with zero attached hydrogens (tertiary/aromatic N) is 1. The van der Waals surface area contributed by atoms with E-state index in [-0.39, 0.29) is 0 Å². The van der Waals surface area contributed by atoms with Gasteiger partial charge in [-0.1, -0.05) is 26.7 Å². The molecule has 1 aliphatic carbocycles. The van der Waals surface area contributed by atoms with Crippen LogP contribution in [0.5, 0.6) is 0 Å². The molecule has 2 aliphatic rings. The molecule has 0 radical (unpaired) electrons. The molecule has 2 fully saturated rings. The van der Waals surface area contributed by atoms with Crippen LogP contribution in [0, 0.1) is 5.41 Å². The fraction of sp³-hybridized carbons (Fsp3) is 1.00. The lowest BCUT2D eigenvalue weighted by molar-refractivity contribution is 0.160. The van der Waals surface area contributed by atoms with Gasteiger partial charge in [0, 0.05) is 19.1 Å². The maximum atomic E-state index is 12.4. The highest BCUT2D eigenvalue weighted by Gasteiger charge is 2.39. The van der Waals surface area contributed by atoms with E-state index in [0.717, 1.165) is 45.3 Å². The van der Waals surface area contributed by atoms with Gasteiger partial charge >= 0.3 is 0 Å². The average Bonchev–Trinajstić information content (AvgIpc) is 2.87. The third-order valence-electron chi connectivity index (χ3n) is 5.22. The summed E-state index contributed by atoms with van der Waals surface area (Å²) in [5.74, 6) is 0.319. The second kappa shape index (κ2) is 7.42. The molecular formula is C16H32N2O2S. The van der Waals surface area contributed by atoms with Crippen LogP contribution in [-0.4, -0.2) is 44.2 Å². The van der Waals surface area contributed by atoms with Crippen LogP contribution in [0.3, 0.4) is 0 Å². The van der Waals surface area contributed by atoms with Crippen LogP contribution < -0.4 is 5.32 Å². The zero-order chi connectivity index (χ0) is 15.3. The molecule has 4 nitrogen and oxygen atoms in total. The molecule has 1 spiro atoms. The standard InChI is InChI=1S/C16H32N2O2S/c1-15(2)17-11-5-6-14-21(19,20)18-12-9-16(10-13-18)7-3-4-8-16/h15,17H,3-14H2,1-2H3. The van der Waals surface area contributed by atoms with Crippen molar-refractivity contribution >= 4 is 10.0 Å². The van der Waals surface area contributed by atoms with Crippen LogP contribution in [0.15, 0.2) is 0 Å². The van der Waals surface area contributed by atoms with Crippen molar-refractivity contribution in [3.63, 3.8) is 0 Å². The monoisotopic (exact) mass is 316 g/mol. The van der Waals surface area contributed by atoms with Gasteiger partial charge in [-0.15, -0.1) is 0 Å². The highest BCUT2D eigenvalue weighted by Crippen LogP contribution is 2.46. The zero-order valence-corrected chi connectivity index (χ0v) is 14.6. The SMILES string of the molecule is CC(C)NCCCCS(=O)(=O)N1CCC2(CCCC2)CC1. The van der Waals surface area contributed by atoms with Crippen molar-refractivity contribution in [1.82, 2.24) is 9.62 Å². The number of hydrogen-bond acceptors (Lipinski definition) is 3. The highest BCUT2D eigenvalue weighted by molar-refractivity contribution is 7.89. The lowest BCUT2D eigenvalue weighted by atomic mass is 9.78. The molecule has 1 N–H and O–H groups in total.